The van der Waals surface area contributed by atoms with Gasteiger partial charge in [-0.3, -0.25) is 4.79 Å². The molecule has 0 bridgehead atoms. The predicted octanol–water partition coefficient (Wildman–Crippen LogP) is 1.06. The molecule has 0 aliphatic carbocycles. The van der Waals surface area contributed by atoms with E-state index in [9.17, 15) is 4.79 Å². The molecule has 1 unspecified atom stereocenters. The summed E-state index contributed by atoms with van der Waals surface area (Å²) in [6.45, 7) is 0.851. The average molecular weight is 298 g/mol. The van der Waals surface area contributed by atoms with Crippen molar-refractivity contribution in [2.45, 2.75) is 18.9 Å². The lowest BCUT2D eigenvalue weighted by molar-refractivity contribution is 0.0790. The van der Waals surface area contributed by atoms with E-state index in [4.69, 9.17) is 14.9 Å². The van der Waals surface area contributed by atoms with E-state index < -0.39 is 0 Å². The van der Waals surface area contributed by atoms with Crippen molar-refractivity contribution >= 4 is 5.91 Å². The molecule has 7 heteroatoms. The van der Waals surface area contributed by atoms with Crippen LogP contribution in [0.3, 0.4) is 0 Å². The quantitative estimate of drug-likeness (QED) is 0.908. The highest BCUT2D eigenvalue weighted by molar-refractivity contribution is 5.94. The number of carbonyl (C=O) groups excluding carboxylic acids is 1. The van der Waals surface area contributed by atoms with Gasteiger partial charge < -0.3 is 14.5 Å². The predicted molar refractivity (Wildman–Crippen MR) is 74.6 cm³/mol. The molecule has 1 aliphatic rings. The van der Waals surface area contributed by atoms with E-state index in [1.54, 1.807) is 29.2 Å². The molecule has 2 aromatic rings. The fourth-order valence-corrected chi connectivity index (χ4v) is 2.52. The standard InChI is InChI=1S/C15H14N4O3/c16-7-10-1-3-11(4-2-10)15(21)19-6-5-12(8-19)14-17-13(9-20)22-18-14/h1-4,12,20H,5-6,8-9H2. The number of hydrogen-bond acceptors (Lipinski definition) is 6. The number of carbonyl (C=O) groups is 1. The van der Waals surface area contributed by atoms with E-state index in [1.165, 1.54) is 0 Å². The maximum Gasteiger partial charge on any atom is 0.253 e. The van der Waals surface area contributed by atoms with Gasteiger partial charge in [-0.25, -0.2) is 0 Å². The molecule has 1 N–H and O–H groups in total. The molecule has 1 fully saturated rings. The fraction of sp³-hybridized carbons (Fsp3) is 0.333. The van der Waals surface area contributed by atoms with Crippen molar-refractivity contribution in [2.24, 2.45) is 0 Å². The summed E-state index contributed by atoms with van der Waals surface area (Å²) in [6, 6.07) is 8.61. The zero-order valence-corrected chi connectivity index (χ0v) is 11.8. The third kappa shape index (κ3) is 2.69. The molecule has 1 amide bonds. The van der Waals surface area contributed by atoms with Gasteiger partial charge in [0.15, 0.2) is 5.82 Å². The van der Waals surface area contributed by atoms with Crippen molar-refractivity contribution < 1.29 is 14.4 Å². The summed E-state index contributed by atoms with van der Waals surface area (Å²) in [5, 5.41) is 21.6. The number of nitrogens with zero attached hydrogens (tertiary/aromatic N) is 4. The number of aliphatic hydroxyl groups excluding tert-OH is 1. The van der Waals surface area contributed by atoms with Gasteiger partial charge in [0.1, 0.15) is 6.61 Å². The van der Waals surface area contributed by atoms with Crippen LogP contribution in [0.4, 0.5) is 0 Å². The molecule has 3 rings (SSSR count). The Balaban J connectivity index is 1.68. The fourth-order valence-electron chi connectivity index (χ4n) is 2.52. The van der Waals surface area contributed by atoms with Gasteiger partial charge >= 0.3 is 0 Å². The third-order valence-corrected chi connectivity index (χ3v) is 3.72. The molecule has 1 aromatic heterocycles. The number of hydrogen-bond donors (Lipinski definition) is 1. The first-order valence-corrected chi connectivity index (χ1v) is 6.94. The topological polar surface area (TPSA) is 103 Å². The summed E-state index contributed by atoms with van der Waals surface area (Å²) in [7, 11) is 0. The number of benzene rings is 1. The normalized spacial score (nSPS) is 17.5. The van der Waals surface area contributed by atoms with Crippen molar-refractivity contribution in [2.75, 3.05) is 13.1 Å². The maximum atomic E-state index is 12.4. The second kappa shape index (κ2) is 5.95. The van der Waals surface area contributed by atoms with Gasteiger partial charge in [-0.2, -0.15) is 10.2 Å². The van der Waals surface area contributed by atoms with Crippen LogP contribution in [-0.4, -0.2) is 39.1 Å². The highest BCUT2D eigenvalue weighted by Crippen LogP contribution is 2.26. The van der Waals surface area contributed by atoms with Crippen molar-refractivity contribution in [1.29, 1.82) is 5.26 Å². The highest BCUT2D eigenvalue weighted by atomic mass is 16.5. The zero-order chi connectivity index (χ0) is 15.5. The monoisotopic (exact) mass is 298 g/mol. The van der Waals surface area contributed by atoms with Crippen LogP contribution in [0.5, 0.6) is 0 Å². The summed E-state index contributed by atoms with van der Waals surface area (Å²) in [4.78, 5) is 18.3. The van der Waals surface area contributed by atoms with Gasteiger partial charge in [-0.1, -0.05) is 5.16 Å². The molecule has 7 nitrogen and oxygen atoms in total. The SMILES string of the molecule is N#Cc1ccc(C(=O)N2CCC(c3noc(CO)n3)C2)cc1. The van der Waals surface area contributed by atoms with Gasteiger partial charge in [0.2, 0.25) is 0 Å². The molecule has 0 radical (unpaired) electrons. The first-order valence-electron chi connectivity index (χ1n) is 6.94. The average Bonchev–Trinajstić information content (AvgIpc) is 3.23. The van der Waals surface area contributed by atoms with Gasteiger partial charge in [-0.15, -0.1) is 0 Å². The molecule has 0 saturated carbocycles. The highest BCUT2D eigenvalue weighted by Gasteiger charge is 2.30. The second-order valence-corrected chi connectivity index (χ2v) is 5.13. The summed E-state index contributed by atoms with van der Waals surface area (Å²) in [5.41, 5.74) is 1.09. The van der Waals surface area contributed by atoms with Crippen LogP contribution in [0.25, 0.3) is 0 Å². The van der Waals surface area contributed by atoms with Gasteiger partial charge in [0.25, 0.3) is 11.8 Å². The summed E-state index contributed by atoms with van der Waals surface area (Å²) in [5.74, 6) is 0.662. The van der Waals surface area contributed by atoms with E-state index >= 15 is 0 Å². The van der Waals surface area contributed by atoms with Crippen LogP contribution < -0.4 is 0 Å². The number of rotatable bonds is 3. The van der Waals surface area contributed by atoms with Crippen LogP contribution in [0.2, 0.25) is 0 Å². The summed E-state index contributed by atoms with van der Waals surface area (Å²) in [6.07, 6.45) is 0.756. The van der Waals surface area contributed by atoms with Crippen LogP contribution >= 0.6 is 0 Å². The first-order chi connectivity index (χ1) is 10.7. The lowest BCUT2D eigenvalue weighted by Gasteiger charge is -2.15. The summed E-state index contributed by atoms with van der Waals surface area (Å²) >= 11 is 0. The van der Waals surface area contributed by atoms with E-state index in [1.807, 2.05) is 6.07 Å². The van der Waals surface area contributed by atoms with Crippen molar-refractivity contribution in [1.82, 2.24) is 15.0 Å². The maximum absolute atomic E-state index is 12.4. The van der Waals surface area contributed by atoms with E-state index in [2.05, 4.69) is 10.1 Å². The number of likely N-dealkylation sites (tertiary alicyclic amines) is 1. The van der Waals surface area contributed by atoms with Crippen molar-refractivity contribution in [3.63, 3.8) is 0 Å². The molecule has 1 atom stereocenters. The third-order valence-electron chi connectivity index (χ3n) is 3.72. The van der Waals surface area contributed by atoms with Crippen LogP contribution in [0.15, 0.2) is 28.8 Å². The molecular formula is C15H14N4O3. The molecule has 1 aromatic carbocycles. The number of nitriles is 1. The Hall–Kier alpha value is -2.72. The Labute approximate surface area is 126 Å². The van der Waals surface area contributed by atoms with E-state index in [-0.39, 0.29) is 24.3 Å². The molecule has 0 spiro atoms. The lowest BCUT2D eigenvalue weighted by atomic mass is 10.1. The largest absolute Gasteiger partial charge is 0.387 e. The molecule has 1 saturated heterocycles. The zero-order valence-electron chi connectivity index (χ0n) is 11.8. The molecular weight excluding hydrogens is 284 g/mol. The molecule has 2 heterocycles. The minimum absolute atomic E-state index is 0.0198. The van der Waals surface area contributed by atoms with E-state index in [0.29, 0.717) is 30.0 Å². The van der Waals surface area contributed by atoms with Crippen LogP contribution in [0.1, 0.15) is 40.0 Å². The molecule has 112 valence electrons. The van der Waals surface area contributed by atoms with Gasteiger partial charge in [0.05, 0.1) is 11.6 Å². The second-order valence-electron chi connectivity index (χ2n) is 5.13. The molecule has 22 heavy (non-hydrogen) atoms. The number of aromatic nitrogens is 2. The Bertz CT molecular complexity index is 717. The van der Waals surface area contributed by atoms with Crippen molar-refractivity contribution in [3.05, 3.63) is 47.1 Å². The minimum atomic E-state index is -0.284. The Morgan fingerprint density at radius 2 is 2.23 bits per heavy atom. The Kier molecular flexibility index (Phi) is 3.85. The Morgan fingerprint density at radius 3 is 2.86 bits per heavy atom. The summed E-state index contributed by atoms with van der Waals surface area (Å²) < 4.78 is 4.89. The lowest BCUT2D eigenvalue weighted by Crippen LogP contribution is -2.28. The van der Waals surface area contributed by atoms with E-state index in [0.717, 1.165) is 6.42 Å². The van der Waals surface area contributed by atoms with Crippen LogP contribution in [-0.2, 0) is 6.61 Å². The Morgan fingerprint density at radius 1 is 1.45 bits per heavy atom. The van der Waals surface area contributed by atoms with Crippen LogP contribution in [0, 0.1) is 11.3 Å². The van der Waals surface area contributed by atoms with Gasteiger partial charge in [0, 0.05) is 24.6 Å². The smallest absolute Gasteiger partial charge is 0.253 e. The first kappa shape index (κ1) is 14.2. The van der Waals surface area contributed by atoms with Crippen molar-refractivity contribution in [3.8, 4) is 6.07 Å². The number of amides is 1. The minimum Gasteiger partial charge on any atom is -0.387 e. The number of aliphatic hydroxyl groups is 1. The molecule has 1 aliphatic heterocycles. The van der Waals surface area contributed by atoms with Gasteiger partial charge in [-0.05, 0) is 30.7 Å².